The highest BCUT2D eigenvalue weighted by atomic mass is 16.5. The van der Waals surface area contributed by atoms with Crippen LogP contribution in [0.4, 0.5) is 0 Å². The zero-order valence-electron chi connectivity index (χ0n) is 10.5. The summed E-state index contributed by atoms with van der Waals surface area (Å²) in [7, 11) is 0. The molecule has 19 heavy (non-hydrogen) atoms. The number of nitrogens with one attached hydrogen (secondary N) is 1. The summed E-state index contributed by atoms with van der Waals surface area (Å²) in [6.45, 7) is 1.80. The molecule has 7 heteroatoms. The molecule has 0 unspecified atom stereocenters. The number of carbonyl (C=O) groups excluding carboxylic acids is 1. The molecule has 0 saturated heterocycles. The van der Waals surface area contributed by atoms with Crippen LogP contribution in [0.25, 0.3) is 0 Å². The summed E-state index contributed by atoms with van der Waals surface area (Å²) < 4.78 is 4.78. The lowest BCUT2D eigenvalue weighted by atomic mass is 9.82. The maximum atomic E-state index is 12.0. The first kappa shape index (κ1) is 13.3. The fourth-order valence-electron chi connectivity index (χ4n) is 2.09. The third-order valence-corrected chi connectivity index (χ3v) is 3.08. The molecule has 1 heterocycles. The average molecular weight is 265 g/mol. The zero-order chi connectivity index (χ0) is 13.8. The molecule has 1 aromatic heterocycles. The first-order valence-electron chi connectivity index (χ1n) is 6.02. The number of aryl methyl sites for hydroxylation is 1. The Morgan fingerprint density at radius 2 is 2.11 bits per heavy atom. The van der Waals surface area contributed by atoms with Crippen molar-refractivity contribution < 1.29 is 19.2 Å². The van der Waals surface area contributed by atoms with Crippen LogP contribution in [0.2, 0.25) is 0 Å². The van der Waals surface area contributed by atoms with Gasteiger partial charge in [-0.1, -0.05) is 17.3 Å². The normalized spacial score (nSPS) is 22.2. The Kier molecular flexibility index (Phi) is 3.94. The van der Waals surface area contributed by atoms with Crippen LogP contribution in [0, 0.1) is 18.8 Å². The Labute approximate surface area is 109 Å². The molecule has 1 aromatic rings. The Morgan fingerprint density at radius 3 is 2.68 bits per heavy atom. The summed E-state index contributed by atoms with van der Waals surface area (Å²) in [5, 5.41) is 15.4. The second-order valence-corrected chi connectivity index (χ2v) is 4.44. The van der Waals surface area contributed by atoms with Crippen LogP contribution in [0.15, 0.2) is 16.7 Å². The highest BCUT2D eigenvalue weighted by molar-refractivity contribution is 5.85. The van der Waals surface area contributed by atoms with E-state index >= 15 is 0 Å². The third-order valence-electron chi connectivity index (χ3n) is 3.08. The third kappa shape index (κ3) is 3.18. The van der Waals surface area contributed by atoms with Gasteiger partial charge in [0, 0.05) is 6.92 Å². The molecule has 0 spiro atoms. The van der Waals surface area contributed by atoms with E-state index < -0.39 is 17.8 Å². The summed E-state index contributed by atoms with van der Waals surface area (Å²) in [5.41, 5.74) is 0. The first-order valence-corrected chi connectivity index (χ1v) is 6.02. The topological polar surface area (TPSA) is 105 Å². The van der Waals surface area contributed by atoms with E-state index in [1.54, 1.807) is 13.0 Å². The summed E-state index contributed by atoms with van der Waals surface area (Å²) in [5.74, 6) is -1.65. The van der Waals surface area contributed by atoms with Gasteiger partial charge in [0.2, 0.25) is 11.8 Å². The molecule has 2 rings (SSSR count). The van der Waals surface area contributed by atoms with Gasteiger partial charge in [-0.3, -0.25) is 9.59 Å². The summed E-state index contributed by atoms with van der Waals surface area (Å²) in [6.07, 6.45) is 4.45. The number of hydrogen-bond acceptors (Lipinski definition) is 5. The van der Waals surface area contributed by atoms with Crippen LogP contribution in [0.5, 0.6) is 0 Å². The molecular formula is C12H15N3O4. The van der Waals surface area contributed by atoms with Gasteiger partial charge in [0.1, 0.15) is 0 Å². The van der Waals surface area contributed by atoms with Crippen molar-refractivity contribution in [3.63, 3.8) is 0 Å². The molecule has 0 aromatic carbocycles. The van der Waals surface area contributed by atoms with Crippen molar-refractivity contribution in [1.82, 2.24) is 15.5 Å². The van der Waals surface area contributed by atoms with Gasteiger partial charge in [-0.2, -0.15) is 4.98 Å². The number of carboxylic acid groups (broad SMARTS) is 1. The predicted octanol–water partition coefficient (Wildman–Crippen LogP) is 0.661. The number of rotatable bonds is 4. The lowest BCUT2D eigenvalue weighted by Gasteiger charge is -2.23. The van der Waals surface area contributed by atoms with Gasteiger partial charge in [0.25, 0.3) is 0 Å². The Balaban J connectivity index is 1.95. The number of hydrogen-bond donors (Lipinski definition) is 2. The van der Waals surface area contributed by atoms with Gasteiger partial charge in [-0.15, -0.1) is 0 Å². The van der Waals surface area contributed by atoms with E-state index in [1.807, 2.05) is 6.08 Å². The maximum absolute atomic E-state index is 12.0. The fraction of sp³-hybridized carbons (Fsp3) is 0.500. The van der Waals surface area contributed by atoms with Crippen molar-refractivity contribution in [2.24, 2.45) is 11.8 Å². The Bertz CT molecular complexity index is 509. The smallest absolute Gasteiger partial charge is 0.307 e. The molecule has 0 fully saturated rings. The molecule has 2 N–H and O–H groups in total. The average Bonchev–Trinajstić information content (AvgIpc) is 2.81. The number of aromatic nitrogens is 2. The lowest BCUT2D eigenvalue weighted by Crippen LogP contribution is -2.38. The first-order chi connectivity index (χ1) is 9.08. The second-order valence-electron chi connectivity index (χ2n) is 4.44. The molecular weight excluding hydrogens is 250 g/mol. The molecule has 0 aliphatic heterocycles. The van der Waals surface area contributed by atoms with Crippen LogP contribution >= 0.6 is 0 Å². The van der Waals surface area contributed by atoms with Crippen molar-refractivity contribution in [2.75, 3.05) is 0 Å². The van der Waals surface area contributed by atoms with E-state index in [0.717, 1.165) is 0 Å². The minimum atomic E-state index is -0.945. The van der Waals surface area contributed by atoms with Gasteiger partial charge >= 0.3 is 5.97 Å². The van der Waals surface area contributed by atoms with Crippen molar-refractivity contribution in [1.29, 1.82) is 0 Å². The largest absolute Gasteiger partial charge is 0.481 e. The molecule has 0 bridgehead atoms. The van der Waals surface area contributed by atoms with Gasteiger partial charge in [0.15, 0.2) is 5.82 Å². The van der Waals surface area contributed by atoms with Crippen LogP contribution < -0.4 is 5.32 Å². The van der Waals surface area contributed by atoms with Crippen LogP contribution in [-0.2, 0) is 16.1 Å². The molecule has 1 amide bonds. The molecule has 2 atom stereocenters. The molecule has 1 aliphatic carbocycles. The van der Waals surface area contributed by atoms with E-state index in [2.05, 4.69) is 15.5 Å². The summed E-state index contributed by atoms with van der Waals surface area (Å²) in [4.78, 5) is 27.1. The highest BCUT2D eigenvalue weighted by Crippen LogP contribution is 2.26. The lowest BCUT2D eigenvalue weighted by molar-refractivity contribution is -0.147. The van der Waals surface area contributed by atoms with Gasteiger partial charge < -0.3 is 14.9 Å². The zero-order valence-corrected chi connectivity index (χ0v) is 10.5. The highest BCUT2D eigenvalue weighted by Gasteiger charge is 2.33. The summed E-state index contributed by atoms with van der Waals surface area (Å²) in [6, 6.07) is 0. The minimum Gasteiger partial charge on any atom is -0.481 e. The van der Waals surface area contributed by atoms with E-state index in [0.29, 0.717) is 24.6 Å². The fourth-order valence-corrected chi connectivity index (χ4v) is 2.09. The number of carboxylic acids is 1. The van der Waals surface area contributed by atoms with Crippen LogP contribution in [-0.4, -0.2) is 27.1 Å². The Hall–Kier alpha value is -2.18. The van der Waals surface area contributed by atoms with E-state index in [-0.39, 0.29) is 12.5 Å². The van der Waals surface area contributed by atoms with Crippen molar-refractivity contribution >= 4 is 11.9 Å². The second kappa shape index (κ2) is 5.64. The summed E-state index contributed by atoms with van der Waals surface area (Å²) >= 11 is 0. The quantitative estimate of drug-likeness (QED) is 0.775. The maximum Gasteiger partial charge on any atom is 0.307 e. The van der Waals surface area contributed by atoms with Crippen LogP contribution in [0.3, 0.4) is 0 Å². The van der Waals surface area contributed by atoms with Gasteiger partial charge in [-0.05, 0) is 12.8 Å². The minimum absolute atomic E-state index is 0.142. The number of amides is 1. The Morgan fingerprint density at radius 1 is 1.42 bits per heavy atom. The van der Waals surface area contributed by atoms with Crippen molar-refractivity contribution in [2.45, 2.75) is 26.3 Å². The molecule has 102 valence electrons. The molecule has 0 saturated carbocycles. The number of carbonyl (C=O) groups is 2. The van der Waals surface area contributed by atoms with Gasteiger partial charge in [-0.25, -0.2) is 0 Å². The van der Waals surface area contributed by atoms with Crippen molar-refractivity contribution in [3.05, 3.63) is 23.9 Å². The number of aliphatic carboxylic acids is 1. The SMILES string of the molecule is Cc1nc(CNC(=O)[C@@H]2CC=CC[C@@H]2C(=O)O)no1. The monoisotopic (exact) mass is 265 g/mol. The molecule has 7 nitrogen and oxygen atoms in total. The molecule has 0 radical (unpaired) electrons. The number of allylic oxidation sites excluding steroid dienone is 2. The predicted molar refractivity (Wildman–Crippen MR) is 63.9 cm³/mol. The van der Waals surface area contributed by atoms with Gasteiger partial charge in [0.05, 0.1) is 18.4 Å². The van der Waals surface area contributed by atoms with E-state index in [4.69, 9.17) is 9.63 Å². The van der Waals surface area contributed by atoms with Crippen molar-refractivity contribution in [3.8, 4) is 0 Å². The van der Waals surface area contributed by atoms with E-state index in [9.17, 15) is 9.59 Å². The standard InChI is InChI=1S/C12H15N3O4/c1-7-14-10(15-19-7)6-13-11(16)8-4-2-3-5-9(8)12(17)18/h2-3,8-9H,4-6H2,1H3,(H,13,16)(H,17,18)/t8-,9+/m1/s1. The number of nitrogens with zero attached hydrogens (tertiary/aromatic N) is 2. The molecule has 1 aliphatic rings. The van der Waals surface area contributed by atoms with E-state index in [1.165, 1.54) is 0 Å². The van der Waals surface area contributed by atoms with Crippen LogP contribution in [0.1, 0.15) is 24.6 Å².